The number of aliphatic hydroxyl groups is 1. The standard InChI is InChI=1S/C8H16N2O5/c9-2-1-6(8(14)15)10(3-4-11)5-7(12)13/h6,11H,1-5,9H2,(H,12,13)(H,14,15). The highest BCUT2D eigenvalue weighted by Gasteiger charge is 2.25. The van der Waals surface area contributed by atoms with Crippen LogP contribution in [0.5, 0.6) is 0 Å². The molecule has 0 saturated carbocycles. The van der Waals surface area contributed by atoms with Gasteiger partial charge in [-0.2, -0.15) is 0 Å². The number of carboxylic acid groups (broad SMARTS) is 2. The molecule has 15 heavy (non-hydrogen) atoms. The van der Waals surface area contributed by atoms with Crippen LogP contribution in [0.15, 0.2) is 0 Å². The summed E-state index contributed by atoms with van der Waals surface area (Å²) in [6.45, 7) is -0.555. The molecule has 0 aromatic heterocycles. The first-order valence-corrected chi connectivity index (χ1v) is 4.52. The second-order valence-electron chi connectivity index (χ2n) is 3.02. The highest BCUT2D eigenvalue weighted by Crippen LogP contribution is 2.03. The Morgan fingerprint density at radius 3 is 2.27 bits per heavy atom. The third kappa shape index (κ3) is 5.31. The van der Waals surface area contributed by atoms with Crippen molar-refractivity contribution in [2.75, 3.05) is 26.2 Å². The quantitative estimate of drug-likeness (QED) is 0.379. The van der Waals surface area contributed by atoms with Gasteiger partial charge < -0.3 is 21.1 Å². The van der Waals surface area contributed by atoms with E-state index in [2.05, 4.69) is 0 Å². The zero-order valence-electron chi connectivity index (χ0n) is 8.30. The Balaban J connectivity index is 4.50. The highest BCUT2D eigenvalue weighted by atomic mass is 16.4. The van der Waals surface area contributed by atoms with Gasteiger partial charge in [0.15, 0.2) is 0 Å². The number of hydrogen-bond donors (Lipinski definition) is 4. The molecule has 7 nitrogen and oxygen atoms in total. The van der Waals surface area contributed by atoms with E-state index in [9.17, 15) is 9.59 Å². The first-order chi connectivity index (χ1) is 7.02. The molecule has 7 heteroatoms. The van der Waals surface area contributed by atoms with Gasteiger partial charge in [0.1, 0.15) is 6.04 Å². The SMILES string of the molecule is NCCC(C(=O)O)N(CCO)CC(=O)O. The Hall–Kier alpha value is -1.18. The molecule has 1 atom stereocenters. The highest BCUT2D eigenvalue weighted by molar-refractivity contribution is 5.75. The molecule has 0 aliphatic rings. The molecule has 0 aliphatic heterocycles. The largest absolute Gasteiger partial charge is 0.480 e. The predicted octanol–water partition coefficient (Wildman–Crippen LogP) is -1.83. The van der Waals surface area contributed by atoms with Crippen LogP contribution in [0.4, 0.5) is 0 Å². The molecule has 0 saturated heterocycles. The number of carboxylic acids is 2. The van der Waals surface area contributed by atoms with Gasteiger partial charge in [-0.25, -0.2) is 0 Å². The van der Waals surface area contributed by atoms with Gasteiger partial charge in [-0.3, -0.25) is 14.5 Å². The number of carbonyl (C=O) groups is 2. The van der Waals surface area contributed by atoms with E-state index in [4.69, 9.17) is 21.1 Å². The van der Waals surface area contributed by atoms with Gasteiger partial charge in [-0.05, 0) is 13.0 Å². The summed E-state index contributed by atoms with van der Waals surface area (Å²) in [4.78, 5) is 22.5. The Morgan fingerprint density at radius 2 is 1.93 bits per heavy atom. The first-order valence-electron chi connectivity index (χ1n) is 4.52. The second-order valence-corrected chi connectivity index (χ2v) is 3.02. The number of aliphatic hydroxyl groups excluding tert-OH is 1. The summed E-state index contributed by atoms with van der Waals surface area (Å²) in [5, 5.41) is 26.1. The van der Waals surface area contributed by atoms with E-state index >= 15 is 0 Å². The normalized spacial score (nSPS) is 12.7. The molecule has 0 amide bonds. The number of aliphatic carboxylic acids is 2. The van der Waals surface area contributed by atoms with Crippen molar-refractivity contribution in [3.63, 3.8) is 0 Å². The Bertz CT molecular complexity index is 221. The van der Waals surface area contributed by atoms with E-state index in [-0.39, 0.29) is 26.1 Å². The van der Waals surface area contributed by atoms with E-state index < -0.39 is 24.5 Å². The van der Waals surface area contributed by atoms with Crippen molar-refractivity contribution in [3.8, 4) is 0 Å². The molecule has 88 valence electrons. The monoisotopic (exact) mass is 220 g/mol. The van der Waals surface area contributed by atoms with Gasteiger partial charge in [-0.15, -0.1) is 0 Å². The van der Waals surface area contributed by atoms with Crippen molar-refractivity contribution >= 4 is 11.9 Å². The first kappa shape index (κ1) is 13.8. The molecule has 0 radical (unpaired) electrons. The van der Waals surface area contributed by atoms with Gasteiger partial charge in [0, 0.05) is 6.54 Å². The fraction of sp³-hybridized carbons (Fsp3) is 0.750. The number of rotatable bonds is 8. The summed E-state index contributed by atoms with van der Waals surface area (Å²) in [7, 11) is 0. The van der Waals surface area contributed by atoms with Crippen LogP contribution < -0.4 is 5.73 Å². The molecular weight excluding hydrogens is 204 g/mol. The number of hydrogen-bond acceptors (Lipinski definition) is 5. The minimum absolute atomic E-state index is 0.00324. The van der Waals surface area contributed by atoms with Gasteiger partial charge in [-0.1, -0.05) is 0 Å². The molecule has 1 unspecified atom stereocenters. The summed E-state index contributed by atoms with van der Waals surface area (Å²) >= 11 is 0. The summed E-state index contributed by atoms with van der Waals surface area (Å²) in [5.74, 6) is -2.26. The fourth-order valence-corrected chi connectivity index (χ4v) is 1.27. The third-order valence-electron chi connectivity index (χ3n) is 1.89. The van der Waals surface area contributed by atoms with E-state index in [0.717, 1.165) is 0 Å². The van der Waals surface area contributed by atoms with Crippen LogP contribution in [0.25, 0.3) is 0 Å². The van der Waals surface area contributed by atoms with Crippen molar-refractivity contribution in [2.45, 2.75) is 12.5 Å². The zero-order chi connectivity index (χ0) is 11.8. The topological polar surface area (TPSA) is 124 Å². The summed E-state index contributed by atoms with van der Waals surface area (Å²) in [6, 6.07) is -0.960. The van der Waals surface area contributed by atoms with Crippen LogP contribution in [-0.4, -0.2) is 64.4 Å². The van der Waals surface area contributed by atoms with Gasteiger partial charge >= 0.3 is 11.9 Å². The van der Waals surface area contributed by atoms with E-state index in [1.165, 1.54) is 4.90 Å². The van der Waals surface area contributed by atoms with Crippen LogP contribution in [0.1, 0.15) is 6.42 Å². The van der Waals surface area contributed by atoms with Crippen molar-refractivity contribution in [1.29, 1.82) is 0 Å². The molecular formula is C8H16N2O5. The van der Waals surface area contributed by atoms with Crippen molar-refractivity contribution in [2.24, 2.45) is 5.73 Å². The lowest BCUT2D eigenvalue weighted by atomic mass is 10.1. The molecule has 0 aliphatic carbocycles. The average Bonchev–Trinajstić information content (AvgIpc) is 2.12. The Morgan fingerprint density at radius 1 is 1.33 bits per heavy atom. The molecule has 0 aromatic rings. The molecule has 0 fully saturated rings. The van der Waals surface area contributed by atoms with Gasteiger partial charge in [0.05, 0.1) is 13.2 Å². The van der Waals surface area contributed by atoms with Crippen molar-refractivity contribution < 1.29 is 24.9 Å². The van der Waals surface area contributed by atoms with Crippen LogP contribution >= 0.6 is 0 Å². The molecule has 0 rings (SSSR count). The second kappa shape index (κ2) is 7.16. The molecule has 0 aromatic carbocycles. The lowest BCUT2D eigenvalue weighted by Gasteiger charge is -2.25. The van der Waals surface area contributed by atoms with Gasteiger partial charge in [0.25, 0.3) is 0 Å². The fourth-order valence-electron chi connectivity index (χ4n) is 1.27. The smallest absolute Gasteiger partial charge is 0.320 e. The molecule has 0 bridgehead atoms. The predicted molar refractivity (Wildman–Crippen MR) is 51.4 cm³/mol. The molecule has 5 N–H and O–H groups in total. The average molecular weight is 220 g/mol. The third-order valence-corrected chi connectivity index (χ3v) is 1.89. The lowest BCUT2D eigenvalue weighted by molar-refractivity contribution is -0.146. The maximum atomic E-state index is 10.8. The molecule has 0 heterocycles. The van der Waals surface area contributed by atoms with Crippen LogP contribution in [-0.2, 0) is 9.59 Å². The van der Waals surface area contributed by atoms with E-state index in [1.54, 1.807) is 0 Å². The Labute approximate surface area is 87.1 Å². The summed E-state index contributed by atoms with van der Waals surface area (Å²) in [5.41, 5.74) is 5.23. The van der Waals surface area contributed by atoms with Crippen molar-refractivity contribution in [1.82, 2.24) is 4.90 Å². The number of nitrogens with two attached hydrogens (primary N) is 1. The number of nitrogens with zero attached hydrogens (tertiary/aromatic N) is 1. The van der Waals surface area contributed by atoms with E-state index in [1.807, 2.05) is 0 Å². The van der Waals surface area contributed by atoms with Crippen LogP contribution in [0.3, 0.4) is 0 Å². The van der Waals surface area contributed by atoms with Crippen LogP contribution in [0.2, 0.25) is 0 Å². The van der Waals surface area contributed by atoms with E-state index in [0.29, 0.717) is 0 Å². The molecule has 0 spiro atoms. The maximum Gasteiger partial charge on any atom is 0.320 e. The lowest BCUT2D eigenvalue weighted by Crippen LogP contribution is -2.46. The van der Waals surface area contributed by atoms with Crippen LogP contribution in [0, 0.1) is 0 Å². The minimum atomic E-state index is -1.13. The Kier molecular flexibility index (Phi) is 6.59. The minimum Gasteiger partial charge on any atom is -0.480 e. The van der Waals surface area contributed by atoms with Gasteiger partial charge in [0.2, 0.25) is 0 Å². The summed E-state index contributed by atoms with van der Waals surface area (Å²) in [6.07, 6.45) is 0.155. The van der Waals surface area contributed by atoms with Crippen molar-refractivity contribution in [3.05, 3.63) is 0 Å². The maximum absolute atomic E-state index is 10.8. The summed E-state index contributed by atoms with van der Waals surface area (Å²) < 4.78 is 0. The zero-order valence-corrected chi connectivity index (χ0v) is 8.30.